The van der Waals surface area contributed by atoms with Gasteiger partial charge in [0.15, 0.2) is 0 Å². The third-order valence-corrected chi connectivity index (χ3v) is 2.29. The van der Waals surface area contributed by atoms with Crippen LogP contribution >= 0.6 is 0 Å². The summed E-state index contributed by atoms with van der Waals surface area (Å²) in [5.74, 6) is 1.92. The Labute approximate surface area is 92.1 Å². The minimum atomic E-state index is 0.0519. The average molecular weight is 211 g/mol. The zero-order valence-corrected chi connectivity index (χ0v) is 10.5. The lowest BCUT2D eigenvalue weighted by atomic mass is 10.4. The first-order valence-corrected chi connectivity index (χ1v) is 5.21. The van der Waals surface area contributed by atoms with Crippen molar-refractivity contribution < 1.29 is 0 Å². The van der Waals surface area contributed by atoms with Gasteiger partial charge in [0.25, 0.3) is 0 Å². The van der Waals surface area contributed by atoms with E-state index in [2.05, 4.69) is 16.9 Å². The molecule has 0 atom stereocenters. The first kappa shape index (κ1) is 11.8. The molecule has 1 heterocycles. The molecule has 0 aliphatic carbocycles. The Bertz CT molecular complexity index is 254. The van der Waals surface area contributed by atoms with Gasteiger partial charge in [-0.3, -0.25) is 4.90 Å². The summed E-state index contributed by atoms with van der Waals surface area (Å²) in [6, 6.07) is 0. The maximum absolute atomic E-state index is 4.57. The third-order valence-electron chi connectivity index (χ3n) is 2.29. The molecule has 0 aromatic heterocycles. The highest BCUT2D eigenvalue weighted by Gasteiger charge is 2.23. The molecule has 0 unspecified atom stereocenters. The van der Waals surface area contributed by atoms with Crippen molar-refractivity contribution in [3.05, 3.63) is 0 Å². The summed E-state index contributed by atoms with van der Waals surface area (Å²) in [5, 5.41) is 0. The van der Waals surface area contributed by atoms with Crippen LogP contribution in [0.5, 0.6) is 0 Å². The highest BCUT2D eigenvalue weighted by molar-refractivity contribution is 5.99. The maximum Gasteiger partial charge on any atom is 0.204 e. The van der Waals surface area contributed by atoms with Crippen molar-refractivity contribution in [1.82, 2.24) is 14.7 Å². The van der Waals surface area contributed by atoms with Crippen LogP contribution in [-0.4, -0.2) is 68.0 Å². The van der Waals surface area contributed by atoms with E-state index >= 15 is 0 Å². The standard InChI is InChI=1S/C10H21N5/c1-7-8-11-9(13(2)3)15(6)10(12-8)14(4)5/h8H,7H2,1-6H3. The zero-order valence-electron chi connectivity index (χ0n) is 10.5. The summed E-state index contributed by atoms with van der Waals surface area (Å²) in [7, 11) is 9.99. The van der Waals surface area contributed by atoms with Crippen LogP contribution in [-0.2, 0) is 0 Å². The van der Waals surface area contributed by atoms with E-state index in [1.165, 1.54) is 0 Å². The molecular formula is C10H21N5. The van der Waals surface area contributed by atoms with Crippen molar-refractivity contribution in [3.8, 4) is 0 Å². The van der Waals surface area contributed by atoms with Crippen molar-refractivity contribution in [2.45, 2.75) is 19.5 Å². The highest BCUT2D eigenvalue weighted by Crippen LogP contribution is 2.11. The molecule has 0 radical (unpaired) electrons. The van der Waals surface area contributed by atoms with Crippen LogP contribution in [0.3, 0.4) is 0 Å². The predicted octanol–water partition coefficient (Wildman–Crippen LogP) is 0.503. The molecule has 5 heteroatoms. The minimum absolute atomic E-state index is 0.0519. The zero-order chi connectivity index (χ0) is 11.6. The van der Waals surface area contributed by atoms with E-state index in [1.807, 2.05) is 49.9 Å². The van der Waals surface area contributed by atoms with E-state index in [0.29, 0.717) is 0 Å². The summed E-state index contributed by atoms with van der Waals surface area (Å²) in [6.07, 6.45) is 0.985. The van der Waals surface area contributed by atoms with Gasteiger partial charge in [-0.05, 0) is 6.42 Å². The van der Waals surface area contributed by atoms with Gasteiger partial charge in [-0.25, -0.2) is 9.98 Å². The van der Waals surface area contributed by atoms with Crippen molar-refractivity contribution in [2.24, 2.45) is 9.98 Å². The second kappa shape index (κ2) is 4.51. The molecule has 1 rings (SSSR count). The topological polar surface area (TPSA) is 34.4 Å². The van der Waals surface area contributed by atoms with E-state index in [-0.39, 0.29) is 6.17 Å². The first-order chi connectivity index (χ1) is 6.97. The first-order valence-electron chi connectivity index (χ1n) is 5.21. The lowest BCUT2D eigenvalue weighted by molar-refractivity contribution is 0.440. The Kier molecular flexibility index (Phi) is 3.55. The minimum Gasteiger partial charge on any atom is -0.349 e. The molecule has 0 aromatic rings. The van der Waals surface area contributed by atoms with Gasteiger partial charge in [0, 0.05) is 35.2 Å². The second-order valence-corrected chi connectivity index (χ2v) is 4.09. The molecule has 0 saturated carbocycles. The van der Waals surface area contributed by atoms with Gasteiger partial charge >= 0.3 is 0 Å². The molecule has 0 bridgehead atoms. The molecule has 1 aliphatic rings. The van der Waals surface area contributed by atoms with Crippen molar-refractivity contribution in [1.29, 1.82) is 0 Å². The summed E-state index contributed by atoms with van der Waals surface area (Å²) >= 11 is 0. The fourth-order valence-corrected chi connectivity index (χ4v) is 1.57. The van der Waals surface area contributed by atoms with Gasteiger partial charge in [0.05, 0.1) is 0 Å². The van der Waals surface area contributed by atoms with Gasteiger partial charge in [-0.15, -0.1) is 0 Å². The van der Waals surface area contributed by atoms with Crippen LogP contribution in [0.2, 0.25) is 0 Å². The highest BCUT2D eigenvalue weighted by atomic mass is 15.5. The van der Waals surface area contributed by atoms with Gasteiger partial charge in [0.2, 0.25) is 11.9 Å². The van der Waals surface area contributed by atoms with Gasteiger partial charge in [-0.2, -0.15) is 0 Å². The lowest BCUT2D eigenvalue weighted by Gasteiger charge is -2.34. The van der Waals surface area contributed by atoms with Crippen LogP contribution in [0, 0.1) is 0 Å². The van der Waals surface area contributed by atoms with E-state index in [4.69, 9.17) is 0 Å². The predicted molar refractivity (Wildman–Crippen MR) is 64.1 cm³/mol. The van der Waals surface area contributed by atoms with E-state index in [1.54, 1.807) is 0 Å². The molecule has 5 nitrogen and oxygen atoms in total. The molecule has 15 heavy (non-hydrogen) atoms. The van der Waals surface area contributed by atoms with Crippen molar-refractivity contribution in [3.63, 3.8) is 0 Å². The van der Waals surface area contributed by atoms with E-state index < -0.39 is 0 Å². The normalized spacial score (nSPS) is 17.3. The Morgan fingerprint density at radius 3 is 1.73 bits per heavy atom. The van der Waals surface area contributed by atoms with Gasteiger partial charge < -0.3 is 9.80 Å². The quantitative estimate of drug-likeness (QED) is 0.633. The van der Waals surface area contributed by atoms with Crippen LogP contribution in [0.15, 0.2) is 9.98 Å². The summed E-state index contributed by atoms with van der Waals surface area (Å²) in [6.45, 7) is 2.10. The molecule has 0 aromatic carbocycles. The molecular weight excluding hydrogens is 190 g/mol. The van der Waals surface area contributed by atoms with Gasteiger partial charge in [-0.1, -0.05) is 6.92 Å². The Morgan fingerprint density at radius 1 is 1.07 bits per heavy atom. The number of hydrogen-bond donors (Lipinski definition) is 0. The van der Waals surface area contributed by atoms with Crippen molar-refractivity contribution >= 4 is 11.9 Å². The lowest BCUT2D eigenvalue weighted by Crippen LogP contribution is -2.50. The van der Waals surface area contributed by atoms with Crippen molar-refractivity contribution in [2.75, 3.05) is 35.2 Å². The molecule has 0 amide bonds. The van der Waals surface area contributed by atoms with Crippen LogP contribution in [0.1, 0.15) is 13.3 Å². The van der Waals surface area contributed by atoms with Crippen LogP contribution in [0.25, 0.3) is 0 Å². The average Bonchev–Trinajstić information content (AvgIpc) is 2.17. The number of guanidine groups is 2. The Morgan fingerprint density at radius 2 is 1.47 bits per heavy atom. The molecule has 0 saturated heterocycles. The summed E-state index contributed by atoms with van der Waals surface area (Å²) in [4.78, 5) is 15.2. The number of hydrogen-bond acceptors (Lipinski definition) is 5. The van der Waals surface area contributed by atoms with Crippen LogP contribution in [0.4, 0.5) is 0 Å². The monoisotopic (exact) mass is 211 g/mol. The smallest absolute Gasteiger partial charge is 0.204 e. The number of nitrogens with zero attached hydrogens (tertiary/aromatic N) is 5. The van der Waals surface area contributed by atoms with Crippen LogP contribution < -0.4 is 0 Å². The SMILES string of the molecule is CCC1N=C(N(C)C)N(C)C(N(C)C)=N1. The molecule has 0 spiro atoms. The molecule has 0 N–H and O–H groups in total. The largest absolute Gasteiger partial charge is 0.349 e. The summed E-state index contributed by atoms with van der Waals surface area (Å²) < 4.78 is 0. The fraction of sp³-hybridized carbons (Fsp3) is 0.800. The second-order valence-electron chi connectivity index (χ2n) is 4.09. The third kappa shape index (κ3) is 2.40. The Balaban J connectivity index is 2.98. The summed E-state index contributed by atoms with van der Waals surface area (Å²) in [5.41, 5.74) is 0. The Hall–Kier alpha value is -1.26. The molecule has 0 fully saturated rings. The number of rotatable bonds is 1. The van der Waals surface area contributed by atoms with E-state index in [0.717, 1.165) is 18.3 Å². The maximum atomic E-state index is 4.57. The molecule has 1 aliphatic heterocycles. The molecule has 86 valence electrons. The number of aliphatic imine (C=N–C) groups is 2. The van der Waals surface area contributed by atoms with Gasteiger partial charge in [0.1, 0.15) is 6.17 Å². The fourth-order valence-electron chi connectivity index (χ4n) is 1.57. The van der Waals surface area contributed by atoms with E-state index in [9.17, 15) is 0 Å².